The first-order chi connectivity index (χ1) is 9.28. The molecule has 0 bridgehead atoms. The van der Waals surface area contributed by atoms with Crippen molar-refractivity contribution in [3.63, 3.8) is 0 Å². The molecule has 0 unspecified atom stereocenters. The largest absolute Gasteiger partial charge is 0.508 e. The Hall–Kier alpha value is -2.36. The van der Waals surface area contributed by atoms with Gasteiger partial charge in [0.15, 0.2) is 0 Å². The van der Waals surface area contributed by atoms with Crippen molar-refractivity contribution in [1.82, 2.24) is 0 Å². The number of aromatic hydroxyl groups is 1. The number of benzene rings is 2. The molecule has 100 valence electrons. The van der Waals surface area contributed by atoms with Gasteiger partial charge in [-0.1, -0.05) is 12.1 Å². The summed E-state index contributed by atoms with van der Waals surface area (Å²) in [5.41, 5.74) is 0. The molecule has 0 aromatic heterocycles. The van der Waals surface area contributed by atoms with Gasteiger partial charge in [0.05, 0.1) is 7.11 Å². The van der Waals surface area contributed by atoms with E-state index in [1.807, 2.05) is 24.3 Å². The molecule has 0 saturated heterocycles. The predicted octanol–water partition coefficient (Wildman–Crippen LogP) is 2.86. The van der Waals surface area contributed by atoms with Crippen LogP contribution in [-0.2, 0) is 0 Å². The van der Waals surface area contributed by atoms with Crippen molar-refractivity contribution in [3.05, 3.63) is 48.5 Å². The highest BCUT2D eigenvalue weighted by atomic mass is 16.5. The van der Waals surface area contributed by atoms with Gasteiger partial charge >= 0.3 is 0 Å². The fraction of sp³-hybridized carbons (Fsp3) is 0.200. The summed E-state index contributed by atoms with van der Waals surface area (Å²) < 4.78 is 16.1. The van der Waals surface area contributed by atoms with Crippen LogP contribution in [0.4, 0.5) is 0 Å². The standard InChI is InChI=1S/C15H16O4/c1-17-13-5-3-7-15(11-13)19-9-8-18-14-6-2-4-12(16)10-14/h2-7,10-11,16H,8-9H2,1H3. The van der Waals surface area contributed by atoms with Gasteiger partial charge in [0.1, 0.15) is 36.2 Å². The second-order valence-electron chi connectivity index (χ2n) is 3.87. The van der Waals surface area contributed by atoms with Gasteiger partial charge in [-0.05, 0) is 24.3 Å². The lowest BCUT2D eigenvalue weighted by Crippen LogP contribution is -2.08. The minimum Gasteiger partial charge on any atom is -0.508 e. The third-order valence-corrected chi connectivity index (χ3v) is 2.48. The van der Waals surface area contributed by atoms with E-state index < -0.39 is 0 Å². The number of methoxy groups -OCH3 is 1. The van der Waals surface area contributed by atoms with E-state index in [-0.39, 0.29) is 5.75 Å². The van der Waals surface area contributed by atoms with Gasteiger partial charge < -0.3 is 19.3 Å². The quantitative estimate of drug-likeness (QED) is 0.811. The van der Waals surface area contributed by atoms with Crippen LogP contribution in [0.2, 0.25) is 0 Å². The minimum atomic E-state index is 0.186. The van der Waals surface area contributed by atoms with E-state index in [0.29, 0.717) is 19.0 Å². The average Bonchev–Trinajstić information content (AvgIpc) is 2.44. The molecule has 0 atom stereocenters. The first-order valence-electron chi connectivity index (χ1n) is 5.96. The Labute approximate surface area is 112 Å². The number of ether oxygens (including phenoxy) is 3. The van der Waals surface area contributed by atoms with E-state index in [2.05, 4.69) is 0 Å². The third-order valence-electron chi connectivity index (χ3n) is 2.48. The van der Waals surface area contributed by atoms with Crippen molar-refractivity contribution >= 4 is 0 Å². The zero-order chi connectivity index (χ0) is 13.5. The lowest BCUT2D eigenvalue weighted by molar-refractivity contribution is 0.216. The minimum absolute atomic E-state index is 0.186. The average molecular weight is 260 g/mol. The van der Waals surface area contributed by atoms with Crippen LogP contribution in [0.1, 0.15) is 0 Å². The van der Waals surface area contributed by atoms with Crippen LogP contribution < -0.4 is 14.2 Å². The first-order valence-corrected chi connectivity index (χ1v) is 5.96. The van der Waals surface area contributed by atoms with Crippen LogP contribution in [0.5, 0.6) is 23.0 Å². The van der Waals surface area contributed by atoms with Gasteiger partial charge in [-0.2, -0.15) is 0 Å². The van der Waals surface area contributed by atoms with Gasteiger partial charge in [0.25, 0.3) is 0 Å². The monoisotopic (exact) mass is 260 g/mol. The summed E-state index contributed by atoms with van der Waals surface area (Å²) in [6.45, 7) is 0.823. The van der Waals surface area contributed by atoms with E-state index in [4.69, 9.17) is 14.2 Å². The summed E-state index contributed by atoms with van der Waals surface area (Å²) in [5, 5.41) is 9.28. The molecule has 0 radical (unpaired) electrons. The lowest BCUT2D eigenvalue weighted by Gasteiger charge is -2.09. The Morgan fingerprint density at radius 2 is 1.42 bits per heavy atom. The Morgan fingerprint density at radius 1 is 0.842 bits per heavy atom. The van der Waals surface area contributed by atoms with Crippen molar-refractivity contribution in [2.45, 2.75) is 0 Å². The van der Waals surface area contributed by atoms with Crippen LogP contribution in [0.3, 0.4) is 0 Å². The van der Waals surface area contributed by atoms with Crippen LogP contribution in [0.25, 0.3) is 0 Å². The van der Waals surface area contributed by atoms with Crippen molar-refractivity contribution in [3.8, 4) is 23.0 Å². The molecule has 2 aromatic rings. The summed E-state index contributed by atoms with van der Waals surface area (Å²) in [4.78, 5) is 0. The smallest absolute Gasteiger partial charge is 0.123 e. The van der Waals surface area contributed by atoms with E-state index >= 15 is 0 Å². The van der Waals surface area contributed by atoms with E-state index in [1.165, 1.54) is 0 Å². The van der Waals surface area contributed by atoms with E-state index in [0.717, 1.165) is 11.5 Å². The first kappa shape index (κ1) is 13.1. The Balaban J connectivity index is 1.77. The van der Waals surface area contributed by atoms with E-state index in [1.54, 1.807) is 31.4 Å². The van der Waals surface area contributed by atoms with Gasteiger partial charge in [-0.15, -0.1) is 0 Å². The molecule has 0 aliphatic rings. The number of hydrogen-bond donors (Lipinski definition) is 1. The van der Waals surface area contributed by atoms with Gasteiger partial charge in [-0.3, -0.25) is 0 Å². The maximum atomic E-state index is 9.28. The molecule has 0 aliphatic carbocycles. The van der Waals surface area contributed by atoms with Crippen molar-refractivity contribution < 1.29 is 19.3 Å². The van der Waals surface area contributed by atoms with Crippen LogP contribution >= 0.6 is 0 Å². The summed E-state index contributed by atoms with van der Waals surface area (Å²) in [7, 11) is 1.62. The van der Waals surface area contributed by atoms with Gasteiger partial charge in [-0.25, -0.2) is 0 Å². The van der Waals surface area contributed by atoms with Crippen LogP contribution in [0, 0.1) is 0 Å². The highest BCUT2D eigenvalue weighted by molar-refractivity contribution is 5.33. The molecule has 0 aliphatic heterocycles. The summed E-state index contributed by atoms with van der Waals surface area (Å²) in [6, 6.07) is 14.1. The normalized spacial score (nSPS) is 9.95. The fourth-order valence-electron chi connectivity index (χ4n) is 1.58. The topological polar surface area (TPSA) is 47.9 Å². The second-order valence-corrected chi connectivity index (χ2v) is 3.87. The summed E-state index contributed by atoms with van der Waals surface area (Å²) in [5.74, 6) is 2.30. The summed E-state index contributed by atoms with van der Waals surface area (Å²) >= 11 is 0. The Morgan fingerprint density at radius 3 is 2.05 bits per heavy atom. The van der Waals surface area contributed by atoms with Crippen molar-refractivity contribution in [2.75, 3.05) is 20.3 Å². The molecule has 19 heavy (non-hydrogen) atoms. The van der Waals surface area contributed by atoms with Crippen molar-refractivity contribution in [1.29, 1.82) is 0 Å². The fourth-order valence-corrected chi connectivity index (χ4v) is 1.58. The zero-order valence-electron chi connectivity index (χ0n) is 10.7. The molecule has 0 fully saturated rings. The predicted molar refractivity (Wildman–Crippen MR) is 72.1 cm³/mol. The molecule has 1 N–H and O–H groups in total. The molecule has 0 heterocycles. The second kappa shape index (κ2) is 6.54. The molecule has 0 saturated carbocycles. The summed E-state index contributed by atoms with van der Waals surface area (Å²) in [6.07, 6.45) is 0. The number of phenols is 1. The molecular formula is C15H16O4. The molecule has 4 nitrogen and oxygen atoms in total. The van der Waals surface area contributed by atoms with Crippen LogP contribution in [0.15, 0.2) is 48.5 Å². The third kappa shape index (κ3) is 4.10. The van der Waals surface area contributed by atoms with Crippen LogP contribution in [-0.4, -0.2) is 25.4 Å². The van der Waals surface area contributed by atoms with Crippen molar-refractivity contribution in [2.24, 2.45) is 0 Å². The number of hydrogen-bond acceptors (Lipinski definition) is 4. The van der Waals surface area contributed by atoms with Gasteiger partial charge in [0.2, 0.25) is 0 Å². The number of rotatable bonds is 6. The Kier molecular flexibility index (Phi) is 4.50. The molecule has 0 spiro atoms. The maximum Gasteiger partial charge on any atom is 0.123 e. The number of phenolic OH excluding ortho intramolecular Hbond substituents is 1. The molecule has 0 amide bonds. The molecule has 2 aromatic carbocycles. The SMILES string of the molecule is COc1cccc(OCCOc2cccc(O)c2)c1. The highest BCUT2D eigenvalue weighted by Gasteiger charge is 1.98. The lowest BCUT2D eigenvalue weighted by atomic mass is 10.3. The Bertz CT molecular complexity index is 525. The molecule has 2 rings (SSSR count). The highest BCUT2D eigenvalue weighted by Crippen LogP contribution is 2.19. The molecular weight excluding hydrogens is 244 g/mol. The van der Waals surface area contributed by atoms with Gasteiger partial charge in [0, 0.05) is 12.1 Å². The van der Waals surface area contributed by atoms with E-state index in [9.17, 15) is 5.11 Å². The molecule has 4 heteroatoms. The zero-order valence-corrected chi connectivity index (χ0v) is 10.7. The maximum absolute atomic E-state index is 9.28.